The van der Waals surface area contributed by atoms with Crippen molar-refractivity contribution < 1.29 is 19.4 Å². The van der Waals surface area contributed by atoms with E-state index in [0.717, 1.165) is 18.4 Å². The summed E-state index contributed by atoms with van der Waals surface area (Å²) in [7, 11) is 0. The van der Waals surface area contributed by atoms with Gasteiger partial charge in [0.05, 0.1) is 12.6 Å². The zero-order valence-electron chi connectivity index (χ0n) is 19.3. The average molecular weight is 443 g/mol. The third-order valence-electron chi connectivity index (χ3n) is 5.87. The van der Waals surface area contributed by atoms with E-state index in [1.54, 1.807) is 0 Å². The second-order valence-corrected chi connectivity index (χ2v) is 9.58. The first-order valence-electron chi connectivity index (χ1n) is 11.4. The smallest absolute Gasteiger partial charge is 0.407 e. The normalized spacial score (nSPS) is 16.7. The van der Waals surface area contributed by atoms with E-state index in [4.69, 9.17) is 4.74 Å². The van der Waals surface area contributed by atoms with Crippen LogP contribution in [-0.4, -0.2) is 35.8 Å². The van der Waals surface area contributed by atoms with E-state index in [-0.39, 0.29) is 17.3 Å². The molecule has 0 unspecified atom stereocenters. The molecule has 1 saturated carbocycles. The van der Waals surface area contributed by atoms with Crippen LogP contribution in [0.4, 0.5) is 4.79 Å². The Morgan fingerprint density at radius 2 is 1.75 bits per heavy atom. The van der Waals surface area contributed by atoms with Crippen molar-refractivity contribution in [3.63, 3.8) is 0 Å². The number of hydrogen-bond acceptors (Lipinski definition) is 5. The van der Waals surface area contributed by atoms with E-state index in [0.29, 0.717) is 30.1 Å². The van der Waals surface area contributed by atoms with E-state index < -0.39 is 30.2 Å². The van der Waals surface area contributed by atoms with Gasteiger partial charge in [0.15, 0.2) is 5.43 Å². The van der Waals surface area contributed by atoms with Crippen LogP contribution >= 0.6 is 0 Å². The Morgan fingerprint density at radius 1 is 1.09 bits per heavy atom. The molecule has 0 heterocycles. The molecule has 1 fully saturated rings. The molecule has 2 aromatic rings. The van der Waals surface area contributed by atoms with Crippen LogP contribution in [-0.2, 0) is 9.53 Å². The van der Waals surface area contributed by atoms with Crippen molar-refractivity contribution in [2.75, 3.05) is 6.61 Å². The van der Waals surface area contributed by atoms with Crippen molar-refractivity contribution in [2.24, 2.45) is 17.8 Å². The molecule has 1 aliphatic carbocycles. The lowest BCUT2D eigenvalue weighted by Crippen LogP contribution is -2.52. The van der Waals surface area contributed by atoms with Crippen LogP contribution in [0.15, 0.2) is 35.1 Å². The van der Waals surface area contributed by atoms with Crippen molar-refractivity contribution in [1.29, 1.82) is 0 Å². The zero-order chi connectivity index (χ0) is 23.4. The van der Waals surface area contributed by atoms with Gasteiger partial charge in [-0.3, -0.25) is 9.59 Å². The average Bonchev–Trinajstić information content (AvgIpc) is 3.66. The Balaban J connectivity index is 1.68. The van der Waals surface area contributed by atoms with Crippen LogP contribution in [0.2, 0.25) is 0 Å². The molecule has 1 aliphatic rings. The van der Waals surface area contributed by atoms with Gasteiger partial charge in [-0.1, -0.05) is 58.0 Å². The van der Waals surface area contributed by atoms with Gasteiger partial charge in [-0.25, -0.2) is 4.79 Å². The standard InChI is InChI=1S/C25H34N2O5/c1-14(2)12-18(26-25(31)32-13-16-10-11-16)24(30)27-21(15(3)4)23(29)20-19(22(20)28)17-8-6-5-7-9-17/h5-9,14-16,18,21,23,29H,10-13H2,1-4H3,(H,26,31)(H,27,30)/t18-,21-,23+/m0/s1. The van der Waals surface area contributed by atoms with Crippen LogP contribution in [0.3, 0.4) is 0 Å². The van der Waals surface area contributed by atoms with Crippen molar-refractivity contribution in [2.45, 2.75) is 65.1 Å². The van der Waals surface area contributed by atoms with E-state index in [1.165, 1.54) is 0 Å². The molecule has 0 saturated heterocycles. The molecular formula is C25H34N2O5. The molecule has 7 heteroatoms. The molecule has 0 aliphatic heterocycles. The number of alkyl carbamates (subject to hydrolysis) is 1. The van der Waals surface area contributed by atoms with Gasteiger partial charge in [0, 0.05) is 11.1 Å². The molecule has 0 radical (unpaired) electrons. The fourth-order valence-electron chi connectivity index (χ4n) is 3.78. The van der Waals surface area contributed by atoms with Crippen LogP contribution in [0.1, 0.15) is 58.6 Å². The first-order chi connectivity index (χ1) is 15.2. The number of carbonyl (C=O) groups excluding carboxylic acids is 2. The Morgan fingerprint density at radius 3 is 2.31 bits per heavy atom. The minimum absolute atomic E-state index is 0.131. The van der Waals surface area contributed by atoms with E-state index in [9.17, 15) is 19.5 Å². The largest absolute Gasteiger partial charge is 0.449 e. The zero-order valence-corrected chi connectivity index (χ0v) is 19.3. The number of ether oxygens (including phenoxy) is 1. The van der Waals surface area contributed by atoms with Crippen molar-refractivity contribution in [1.82, 2.24) is 10.6 Å². The molecule has 2 aromatic carbocycles. The Bertz CT molecular complexity index is 926. The maximum absolute atomic E-state index is 13.1. The Hall–Kier alpha value is -2.67. The predicted molar refractivity (Wildman–Crippen MR) is 123 cm³/mol. The molecule has 3 atom stereocenters. The maximum Gasteiger partial charge on any atom is 0.407 e. The highest BCUT2D eigenvalue weighted by atomic mass is 16.5. The highest BCUT2D eigenvalue weighted by Crippen LogP contribution is 2.33. The summed E-state index contributed by atoms with van der Waals surface area (Å²) in [5, 5.41) is 16.5. The molecule has 0 aromatic heterocycles. The number of carbonyl (C=O) groups is 2. The summed E-state index contributed by atoms with van der Waals surface area (Å²) in [6.07, 6.45) is 0.837. The first-order valence-corrected chi connectivity index (χ1v) is 11.4. The van der Waals surface area contributed by atoms with Crippen LogP contribution in [0.5, 0.6) is 0 Å². The fourth-order valence-corrected chi connectivity index (χ4v) is 3.78. The molecular weight excluding hydrogens is 408 g/mol. The summed E-state index contributed by atoms with van der Waals surface area (Å²) in [6.45, 7) is 8.04. The van der Waals surface area contributed by atoms with Gasteiger partial charge in [-0.2, -0.15) is 0 Å². The highest BCUT2D eigenvalue weighted by Gasteiger charge is 2.37. The first kappa shape index (κ1) is 24.0. The van der Waals surface area contributed by atoms with Gasteiger partial charge in [0.2, 0.25) is 5.91 Å². The molecule has 0 spiro atoms. The van der Waals surface area contributed by atoms with E-state index in [1.807, 2.05) is 58.0 Å². The molecule has 174 valence electrons. The fraction of sp³-hybridized carbons (Fsp3) is 0.560. The Labute approximate surface area is 189 Å². The summed E-state index contributed by atoms with van der Waals surface area (Å²) in [6, 6.07) is 7.74. The summed E-state index contributed by atoms with van der Waals surface area (Å²) >= 11 is 0. The topological polar surface area (TPSA) is 105 Å². The van der Waals surface area contributed by atoms with Crippen molar-refractivity contribution in [3.8, 4) is 11.1 Å². The molecule has 3 rings (SSSR count). The molecule has 3 N–H and O–H groups in total. The van der Waals surface area contributed by atoms with Gasteiger partial charge < -0.3 is 20.5 Å². The summed E-state index contributed by atoms with van der Waals surface area (Å²) in [4.78, 5) is 37.6. The third kappa shape index (κ3) is 6.19. The summed E-state index contributed by atoms with van der Waals surface area (Å²) in [5.74, 6) is 0.0687. The van der Waals surface area contributed by atoms with Gasteiger partial charge in [0.25, 0.3) is 0 Å². The SMILES string of the molecule is CC(C)C[C@H](NC(=O)OCC1CC1)C(=O)N[C@@H](C(C)C)[C@H](O)c1c(-c2ccccc2)c1=O. The van der Waals surface area contributed by atoms with E-state index in [2.05, 4.69) is 10.6 Å². The van der Waals surface area contributed by atoms with Crippen LogP contribution in [0.25, 0.3) is 11.1 Å². The Kier molecular flexibility index (Phi) is 7.72. The predicted octanol–water partition coefficient (Wildman–Crippen LogP) is 3.31. The van der Waals surface area contributed by atoms with Gasteiger partial charge >= 0.3 is 6.09 Å². The number of aliphatic hydroxyl groups is 1. The molecule has 32 heavy (non-hydrogen) atoms. The number of aliphatic hydroxyl groups excluding tert-OH is 1. The van der Waals surface area contributed by atoms with E-state index >= 15 is 0 Å². The van der Waals surface area contributed by atoms with Gasteiger partial charge in [-0.05, 0) is 42.6 Å². The number of amides is 2. The van der Waals surface area contributed by atoms with Crippen LogP contribution in [0, 0.1) is 17.8 Å². The third-order valence-corrected chi connectivity index (χ3v) is 5.87. The lowest BCUT2D eigenvalue weighted by molar-refractivity contribution is -0.125. The number of nitrogens with one attached hydrogen (secondary N) is 2. The summed E-state index contributed by atoms with van der Waals surface area (Å²) in [5.41, 5.74) is 1.44. The molecule has 2 amide bonds. The molecule has 7 nitrogen and oxygen atoms in total. The number of rotatable bonds is 11. The lowest BCUT2D eigenvalue weighted by atomic mass is 9.95. The number of hydrogen-bond donors (Lipinski definition) is 3. The summed E-state index contributed by atoms with van der Waals surface area (Å²) < 4.78 is 5.22. The van der Waals surface area contributed by atoms with Gasteiger partial charge in [0.1, 0.15) is 12.1 Å². The van der Waals surface area contributed by atoms with Gasteiger partial charge in [-0.15, -0.1) is 0 Å². The van der Waals surface area contributed by atoms with Crippen molar-refractivity contribution >= 4 is 12.0 Å². The minimum atomic E-state index is -1.12. The number of benzene rings is 1. The quantitative estimate of drug-likeness (QED) is 0.495. The van der Waals surface area contributed by atoms with Crippen molar-refractivity contribution in [3.05, 3.63) is 46.1 Å². The lowest BCUT2D eigenvalue weighted by Gasteiger charge is -2.29. The van der Waals surface area contributed by atoms with Crippen LogP contribution < -0.4 is 16.1 Å². The second-order valence-electron chi connectivity index (χ2n) is 9.58. The second kappa shape index (κ2) is 10.3. The highest BCUT2D eigenvalue weighted by molar-refractivity contribution is 5.86. The monoisotopic (exact) mass is 442 g/mol. The maximum atomic E-state index is 13.1. The molecule has 0 bridgehead atoms. The minimum Gasteiger partial charge on any atom is -0.449 e.